The highest BCUT2D eigenvalue weighted by Gasteiger charge is 2.48. The quantitative estimate of drug-likeness (QED) is 0.436. The van der Waals surface area contributed by atoms with Crippen molar-refractivity contribution in [2.75, 3.05) is 0 Å². The maximum absolute atomic E-state index is 12.1. The molecule has 0 fully saturated rings. The Morgan fingerprint density at radius 2 is 1.46 bits per heavy atom. The summed E-state index contributed by atoms with van der Waals surface area (Å²) >= 11 is 0. The van der Waals surface area contributed by atoms with Crippen LogP contribution in [0.5, 0.6) is 0 Å². The van der Waals surface area contributed by atoms with E-state index < -0.39 is 25.5 Å². The molecule has 0 aliphatic rings. The lowest BCUT2D eigenvalue weighted by atomic mass is 9.82. The van der Waals surface area contributed by atoms with Gasteiger partial charge in [0.05, 0.1) is 0 Å². The monoisotopic (exact) mass is 376 g/mol. The molecule has 2 aromatic rings. The zero-order valence-corrected chi connectivity index (χ0v) is 15.4. The van der Waals surface area contributed by atoms with Crippen molar-refractivity contribution in [1.82, 2.24) is 0 Å². The summed E-state index contributed by atoms with van der Waals surface area (Å²) in [6.45, 7) is 6.56. The Labute approximate surface area is 152 Å². The summed E-state index contributed by atoms with van der Waals surface area (Å²) in [5.74, 6) is -0.678. The van der Waals surface area contributed by atoms with Crippen molar-refractivity contribution in [3.05, 3.63) is 83.9 Å². The number of ether oxygens (including phenoxy) is 1. The van der Waals surface area contributed by atoms with Gasteiger partial charge in [-0.1, -0.05) is 67.2 Å². The second-order valence-electron chi connectivity index (χ2n) is 5.88. The van der Waals surface area contributed by atoms with E-state index in [9.17, 15) is 19.1 Å². The first kappa shape index (κ1) is 20.1. The Morgan fingerprint density at radius 3 is 1.81 bits per heavy atom. The third kappa shape index (κ3) is 4.48. The number of benzene rings is 2. The number of carbonyl (C=O) groups is 1. The van der Waals surface area contributed by atoms with Crippen LogP contribution in [-0.2, 0) is 24.2 Å². The van der Waals surface area contributed by atoms with Crippen LogP contribution in [0.15, 0.2) is 72.8 Å². The number of phosphoric acid groups is 1. The van der Waals surface area contributed by atoms with E-state index in [0.717, 1.165) is 0 Å². The van der Waals surface area contributed by atoms with Gasteiger partial charge in [0.15, 0.2) is 5.60 Å². The van der Waals surface area contributed by atoms with Crippen molar-refractivity contribution < 1.29 is 28.4 Å². The van der Waals surface area contributed by atoms with E-state index in [-0.39, 0.29) is 5.57 Å². The van der Waals surface area contributed by atoms with E-state index in [1.54, 1.807) is 60.7 Å². The van der Waals surface area contributed by atoms with Gasteiger partial charge in [0, 0.05) is 5.57 Å². The van der Waals surface area contributed by atoms with Crippen LogP contribution in [0.4, 0.5) is 0 Å². The lowest BCUT2D eigenvalue weighted by molar-refractivity contribution is -0.154. The Balaban J connectivity index is 2.70. The summed E-state index contributed by atoms with van der Waals surface area (Å²) in [7, 11) is -4.95. The standard InChI is InChI=1S/C19H21O6P/c1-14(2)18(20)24-15(3)19(25-26(21,22)23,16-10-6-4-7-11-16)17-12-8-5-9-13-17/h4-13,15H,1H2,2-3H3,(H2,21,22,23). The van der Waals surface area contributed by atoms with E-state index in [2.05, 4.69) is 6.58 Å². The van der Waals surface area contributed by atoms with E-state index in [1.807, 2.05) is 0 Å². The third-order valence-corrected chi connectivity index (χ3v) is 4.40. The molecule has 0 bridgehead atoms. The van der Waals surface area contributed by atoms with Crippen LogP contribution in [0.2, 0.25) is 0 Å². The van der Waals surface area contributed by atoms with E-state index >= 15 is 0 Å². The molecule has 1 unspecified atom stereocenters. The number of hydrogen-bond donors (Lipinski definition) is 2. The van der Waals surface area contributed by atoms with Crippen LogP contribution in [0.1, 0.15) is 25.0 Å². The molecule has 26 heavy (non-hydrogen) atoms. The molecule has 0 saturated carbocycles. The maximum atomic E-state index is 12.1. The molecule has 2 rings (SSSR count). The Kier molecular flexibility index (Phi) is 6.16. The highest BCUT2D eigenvalue weighted by molar-refractivity contribution is 7.46. The number of carbonyl (C=O) groups excluding carboxylic acids is 1. The predicted octanol–water partition coefficient (Wildman–Crippen LogP) is 3.55. The minimum atomic E-state index is -4.95. The van der Waals surface area contributed by atoms with Crippen molar-refractivity contribution in [3.63, 3.8) is 0 Å². The van der Waals surface area contributed by atoms with Gasteiger partial charge in [-0.15, -0.1) is 0 Å². The molecule has 138 valence electrons. The van der Waals surface area contributed by atoms with Gasteiger partial charge >= 0.3 is 13.8 Å². The number of rotatable bonds is 7. The van der Waals surface area contributed by atoms with Crippen molar-refractivity contribution in [2.24, 2.45) is 0 Å². The summed E-state index contributed by atoms with van der Waals surface area (Å²) in [6.07, 6.45) is -1.05. The summed E-state index contributed by atoms with van der Waals surface area (Å²) in [4.78, 5) is 31.3. The summed E-state index contributed by atoms with van der Waals surface area (Å²) in [5.41, 5.74) is -0.650. The van der Waals surface area contributed by atoms with Crippen LogP contribution in [0.25, 0.3) is 0 Å². The average Bonchev–Trinajstić information content (AvgIpc) is 2.60. The van der Waals surface area contributed by atoms with Crippen molar-refractivity contribution >= 4 is 13.8 Å². The molecule has 0 amide bonds. The number of phosphoric ester groups is 1. The number of esters is 1. The minimum absolute atomic E-state index is 0.169. The Hall–Kier alpha value is -2.24. The SMILES string of the molecule is C=C(C)C(=O)OC(C)C(OP(=O)(O)O)(c1ccccc1)c1ccccc1. The van der Waals surface area contributed by atoms with Gasteiger partial charge < -0.3 is 14.5 Å². The first-order chi connectivity index (χ1) is 12.2. The van der Waals surface area contributed by atoms with E-state index in [1.165, 1.54) is 13.8 Å². The maximum Gasteiger partial charge on any atom is 0.470 e. The van der Waals surface area contributed by atoms with Crippen molar-refractivity contribution in [1.29, 1.82) is 0 Å². The molecule has 6 nitrogen and oxygen atoms in total. The second-order valence-corrected chi connectivity index (χ2v) is 7.04. The van der Waals surface area contributed by atoms with Crippen LogP contribution in [0, 0.1) is 0 Å². The molecule has 0 aromatic heterocycles. The molecule has 0 radical (unpaired) electrons. The molecular weight excluding hydrogens is 355 g/mol. The van der Waals surface area contributed by atoms with Crippen LogP contribution >= 0.6 is 7.82 Å². The van der Waals surface area contributed by atoms with E-state index in [4.69, 9.17) is 9.26 Å². The summed E-state index contributed by atoms with van der Waals surface area (Å²) in [5, 5.41) is 0. The predicted molar refractivity (Wildman–Crippen MR) is 97.2 cm³/mol. The fourth-order valence-electron chi connectivity index (χ4n) is 2.72. The van der Waals surface area contributed by atoms with Crippen LogP contribution in [0.3, 0.4) is 0 Å². The zero-order valence-electron chi connectivity index (χ0n) is 14.5. The Morgan fingerprint density at radius 1 is 1.04 bits per heavy atom. The molecule has 0 aliphatic carbocycles. The van der Waals surface area contributed by atoms with Gasteiger partial charge in [-0.2, -0.15) is 0 Å². The average molecular weight is 376 g/mol. The molecule has 0 spiro atoms. The van der Waals surface area contributed by atoms with Crippen LogP contribution < -0.4 is 0 Å². The highest BCUT2D eigenvalue weighted by atomic mass is 31.2. The lowest BCUT2D eigenvalue weighted by Crippen LogP contribution is -2.43. The van der Waals surface area contributed by atoms with Gasteiger partial charge in [-0.05, 0) is 25.0 Å². The third-order valence-electron chi connectivity index (χ3n) is 3.87. The first-order valence-electron chi connectivity index (χ1n) is 7.90. The molecule has 2 N–H and O–H groups in total. The summed E-state index contributed by atoms with van der Waals surface area (Å²) in [6, 6.07) is 17.0. The highest BCUT2D eigenvalue weighted by Crippen LogP contribution is 2.51. The number of hydrogen-bond acceptors (Lipinski definition) is 4. The van der Waals surface area contributed by atoms with Crippen molar-refractivity contribution in [3.8, 4) is 0 Å². The largest absolute Gasteiger partial charge is 0.470 e. The van der Waals surface area contributed by atoms with E-state index in [0.29, 0.717) is 11.1 Å². The van der Waals surface area contributed by atoms with Crippen LogP contribution in [-0.4, -0.2) is 21.9 Å². The molecular formula is C19H21O6P. The Bertz CT molecular complexity index is 773. The molecule has 7 heteroatoms. The molecule has 0 saturated heterocycles. The topological polar surface area (TPSA) is 93.1 Å². The van der Waals surface area contributed by atoms with Gasteiger partial charge in [0.2, 0.25) is 0 Å². The zero-order chi connectivity index (χ0) is 19.4. The fraction of sp³-hybridized carbons (Fsp3) is 0.211. The summed E-state index contributed by atoms with van der Waals surface area (Å²) < 4.78 is 22.6. The smallest absolute Gasteiger partial charge is 0.455 e. The normalized spacial score (nSPS) is 13.1. The lowest BCUT2D eigenvalue weighted by Gasteiger charge is -2.39. The van der Waals surface area contributed by atoms with Gasteiger partial charge in [-0.3, -0.25) is 4.52 Å². The molecule has 0 heterocycles. The minimum Gasteiger partial charge on any atom is -0.455 e. The van der Waals surface area contributed by atoms with Gasteiger partial charge in [0.25, 0.3) is 0 Å². The first-order valence-corrected chi connectivity index (χ1v) is 9.43. The molecule has 1 atom stereocenters. The second kappa shape index (κ2) is 7.98. The molecule has 0 aliphatic heterocycles. The fourth-order valence-corrected chi connectivity index (χ4v) is 3.45. The molecule has 2 aromatic carbocycles. The van der Waals surface area contributed by atoms with Crippen molar-refractivity contribution in [2.45, 2.75) is 25.6 Å². The van der Waals surface area contributed by atoms with Gasteiger partial charge in [0.1, 0.15) is 6.10 Å². The van der Waals surface area contributed by atoms with Gasteiger partial charge in [-0.25, -0.2) is 9.36 Å².